The zero-order valence-corrected chi connectivity index (χ0v) is 20.5. The van der Waals surface area contributed by atoms with Gasteiger partial charge < -0.3 is 15.4 Å². The van der Waals surface area contributed by atoms with Crippen molar-refractivity contribution >= 4 is 29.9 Å². The van der Waals surface area contributed by atoms with Gasteiger partial charge in [0.2, 0.25) is 0 Å². The van der Waals surface area contributed by atoms with Gasteiger partial charge in [0.05, 0.1) is 12.1 Å². The molecule has 1 aromatic heterocycles. The standard InChI is InChI=1S/C22H30F3N5O.HI/c1-2-26-20(27-10-4-12-30-13-5-11-29-30)28-17-21(8-14-31-15-9-21)18-6-3-7-19(16-18)22(23,24)25;/h3,5-7,11,13,16H,2,4,8-10,12,14-15,17H2,1H3,(H2,26,27,28);1H. The van der Waals surface area contributed by atoms with Gasteiger partial charge in [-0.25, -0.2) is 0 Å². The monoisotopic (exact) mass is 565 g/mol. The number of alkyl halides is 3. The molecule has 10 heteroatoms. The van der Waals surface area contributed by atoms with Crippen molar-refractivity contribution in [3.05, 3.63) is 53.9 Å². The molecule has 1 saturated heterocycles. The number of halogens is 4. The number of guanidine groups is 1. The lowest BCUT2D eigenvalue weighted by atomic mass is 9.74. The Hall–Kier alpha value is -1.82. The number of aliphatic imine (C=N–C) groups is 1. The zero-order valence-electron chi connectivity index (χ0n) is 18.2. The summed E-state index contributed by atoms with van der Waals surface area (Å²) in [6, 6.07) is 7.54. The summed E-state index contributed by atoms with van der Waals surface area (Å²) in [7, 11) is 0. The summed E-state index contributed by atoms with van der Waals surface area (Å²) in [6.45, 7) is 5.62. The van der Waals surface area contributed by atoms with Crippen molar-refractivity contribution in [1.82, 2.24) is 20.4 Å². The van der Waals surface area contributed by atoms with Gasteiger partial charge >= 0.3 is 6.18 Å². The molecular weight excluding hydrogens is 534 g/mol. The first-order chi connectivity index (χ1) is 14.9. The van der Waals surface area contributed by atoms with Crippen LogP contribution in [0.5, 0.6) is 0 Å². The second kappa shape index (κ2) is 12.4. The molecule has 0 amide bonds. The predicted molar refractivity (Wildman–Crippen MR) is 129 cm³/mol. The third-order valence-corrected chi connectivity index (χ3v) is 5.55. The summed E-state index contributed by atoms with van der Waals surface area (Å²) in [4.78, 5) is 4.75. The van der Waals surface area contributed by atoms with E-state index >= 15 is 0 Å². The number of aryl methyl sites for hydroxylation is 1. The van der Waals surface area contributed by atoms with Gasteiger partial charge in [-0.1, -0.05) is 18.2 Å². The van der Waals surface area contributed by atoms with Gasteiger partial charge in [0.15, 0.2) is 5.96 Å². The van der Waals surface area contributed by atoms with E-state index in [9.17, 15) is 13.2 Å². The van der Waals surface area contributed by atoms with Crippen LogP contribution in [0.4, 0.5) is 13.2 Å². The van der Waals surface area contributed by atoms with Gasteiger partial charge in [-0.15, -0.1) is 24.0 Å². The molecule has 1 aliphatic heterocycles. The van der Waals surface area contributed by atoms with Crippen molar-refractivity contribution in [3.63, 3.8) is 0 Å². The minimum atomic E-state index is -4.36. The van der Waals surface area contributed by atoms with Crippen molar-refractivity contribution in [3.8, 4) is 0 Å². The summed E-state index contributed by atoms with van der Waals surface area (Å²) in [6.07, 6.45) is 1.45. The van der Waals surface area contributed by atoms with Crippen molar-refractivity contribution in [2.24, 2.45) is 4.99 Å². The number of ether oxygens (including phenoxy) is 1. The van der Waals surface area contributed by atoms with E-state index in [4.69, 9.17) is 9.73 Å². The molecule has 0 saturated carbocycles. The van der Waals surface area contributed by atoms with Crippen LogP contribution in [0, 0.1) is 0 Å². The first-order valence-corrected chi connectivity index (χ1v) is 10.7. The second-order valence-corrected chi connectivity index (χ2v) is 7.72. The van der Waals surface area contributed by atoms with Crippen LogP contribution in [0.1, 0.15) is 37.3 Å². The van der Waals surface area contributed by atoms with Crippen LogP contribution in [0.15, 0.2) is 47.7 Å². The summed E-state index contributed by atoms with van der Waals surface area (Å²) in [5.41, 5.74) is -0.427. The maximum absolute atomic E-state index is 13.3. The number of nitrogens with zero attached hydrogens (tertiary/aromatic N) is 3. The van der Waals surface area contributed by atoms with Gasteiger partial charge in [0.25, 0.3) is 0 Å². The fraction of sp³-hybridized carbons (Fsp3) is 0.545. The molecule has 1 aromatic carbocycles. The Morgan fingerprint density at radius 3 is 2.66 bits per heavy atom. The molecule has 0 unspecified atom stereocenters. The maximum atomic E-state index is 13.3. The number of nitrogens with one attached hydrogen (secondary N) is 2. The highest BCUT2D eigenvalue weighted by Gasteiger charge is 2.37. The molecule has 178 valence electrons. The molecule has 2 heterocycles. The number of hydrogen-bond acceptors (Lipinski definition) is 3. The van der Waals surface area contributed by atoms with Gasteiger partial charge in [-0.3, -0.25) is 9.67 Å². The summed E-state index contributed by atoms with van der Waals surface area (Å²) in [5.74, 6) is 0.667. The predicted octanol–water partition coefficient (Wildman–Crippen LogP) is 4.21. The Bertz CT molecular complexity index is 836. The Labute approximate surface area is 204 Å². The summed E-state index contributed by atoms with van der Waals surface area (Å²) >= 11 is 0. The van der Waals surface area contributed by atoms with Crippen molar-refractivity contribution in [1.29, 1.82) is 0 Å². The maximum Gasteiger partial charge on any atom is 0.416 e. The highest BCUT2D eigenvalue weighted by atomic mass is 127. The lowest BCUT2D eigenvalue weighted by Crippen LogP contribution is -2.41. The van der Waals surface area contributed by atoms with Crippen LogP contribution < -0.4 is 10.6 Å². The third kappa shape index (κ3) is 7.36. The van der Waals surface area contributed by atoms with Crippen molar-refractivity contribution in [2.45, 2.75) is 44.3 Å². The third-order valence-electron chi connectivity index (χ3n) is 5.55. The Morgan fingerprint density at radius 1 is 1.22 bits per heavy atom. The van der Waals surface area contributed by atoms with E-state index in [-0.39, 0.29) is 24.0 Å². The highest BCUT2D eigenvalue weighted by molar-refractivity contribution is 14.0. The molecule has 3 rings (SSSR count). The molecule has 1 aliphatic rings. The molecule has 32 heavy (non-hydrogen) atoms. The van der Waals surface area contributed by atoms with Crippen LogP contribution in [0.25, 0.3) is 0 Å². The fourth-order valence-corrected chi connectivity index (χ4v) is 3.78. The van der Waals surface area contributed by atoms with E-state index in [0.29, 0.717) is 57.2 Å². The second-order valence-electron chi connectivity index (χ2n) is 7.72. The Morgan fingerprint density at radius 2 is 2.00 bits per heavy atom. The molecule has 0 bridgehead atoms. The first kappa shape index (κ1) is 26.4. The summed E-state index contributed by atoms with van der Waals surface area (Å²) < 4.78 is 47.2. The SMILES string of the molecule is CCNC(=NCC1(c2cccc(C(F)(F)F)c2)CCOCC1)NCCCn1cccn1.I. The van der Waals surface area contributed by atoms with Crippen LogP contribution in [0.2, 0.25) is 0 Å². The van der Waals surface area contributed by atoms with Gasteiger partial charge in [-0.05, 0) is 43.9 Å². The number of benzene rings is 1. The zero-order chi connectivity index (χ0) is 22.2. The van der Waals surface area contributed by atoms with Gasteiger partial charge in [0.1, 0.15) is 0 Å². The van der Waals surface area contributed by atoms with E-state index in [1.54, 1.807) is 12.3 Å². The number of aromatic nitrogens is 2. The molecule has 6 nitrogen and oxygen atoms in total. The average Bonchev–Trinajstić information content (AvgIpc) is 3.29. The van der Waals surface area contributed by atoms with E-state index in [1.807, 2.05) is 23.9 Å². The molecule has 1 fully saturated rings. The molecule has 2 N–H and O–H groups in total. The van der Waals surface area contributed by atoms with Crippen LogP contribution in [-0.4, -0.2) is 48.6 Å². The van der Waals surface area contributed by atoms with Gasteiger partial charge in [-0.2, -0.15) is 18.3 Å². The smallest absolute Gasteiger partial charge is 0.381 e. The van der Waals surface area contributed by atoms with Crippen LogP contribution in [0.3, 0.4) is 0 Å². The van der Waals surface area contributed by atoms with Gasteiger partial charge in [0, 0.05) is 50.7 Å². The highest BCUT2D eigenvalue weighted by Crippen LogP contribution is 2.38. The minimum Gasteiger partial charge on any atom is -0.381 e. The topological polar surface area (TPSA) is 63.5 Å². The largest absolute Gasteiger partial charge is 0.416 e. The average molecular weight is 565 g/mol. The summed E-state index contributed by atoms with van der Waals surface area (Å²) in [5, 5.41) is 10.7. The van der Waals surface area contributed by atoms with Crippen molar-refractivity contribution < 1.29 is 17.9 Å². The lowest BCUT2D eigenvalue weighted by Gasteiger charge is -2.37. The van der Waals surface area contributed by atoms with Crippen LogP contribution in [-0.2, 0) is 22.9 Å². The normalized spacial score (nSPS) is 16.3. The first-order valence-electron chi connectivity index (χ1n) is 10.7. The van der Waals surface area contributed by atoms with E-state index in [0.717, 1.165) is 19.0 Å². The molecule has 0 spiro atoms. The molecule has 0 atom stereocenters. The number of hydrogen-bond donors (Lipinski definition) is 2. The quantitative estimate of drug-likeness (QED) is 0.218. The lowest BCUT2D eigenvalue weighted by molar-refractivity contribution is -0.137. The van der Waals surface area contributed by atoms with Crippen molar-refractivity contribution in [2.75, 3.05) is 32.8 Å². The number of rotatable bonds is 8. The molecule has 2 aromatic rings. The van der Waals surface area contributed by atoms with E-state index in [2.05, 4.69) is 15.7 Å². The Kier molecular flexibility index (Phi) is 10.3. The van der Waals surface area contributed by atoms with E-state index < -0.39 is 17.2 Å². The molecule has 0 aliphatic carbocycles. The fourth-order valence-electron chi connectivity index (χ4n) is 3.78. The van der Waals surface area contributed by atoms with Crippen LogP contribution >= 0.6 is 24.0 Å². The Balaban J connectivity index is 0.00000363. The minimum absolute atomic E-state index is 0. The molecule has 0 radical (unpaired) electrons. The molecular formula is C22H31F3IN5O. The van der Waals surface area contributed by atoms with E-state index in [1.165, 1.54) is 12.1 Å².